The molecule has 1 N–H and O–H groups in total. The number of hydrogen-bond acceptors (Lipinski definition) is 5. The fraction of sp³-hybridized carbons (Fsp3) is 0.0909. The highest BCUT2D eigenvalue weighted by Gasteiger charge is 2.07. The lowest BCUT2D eigenvalue weighted by Gasteiger charge is -1.97. The van der Waals surface area contributed by atoms with Crippen molar-refractivity contribution in [3.05, 3.63) is 40.2 Å². The lowest BCUT2D eigenvalue weighted by atomic mass is 10.2. The van der Waals surface area contributed by atoms with Crippen molar-refractivity contribution in [3.8, 4) is 11.8 Å². The van der Waals surface area contributed by atoms with Crippen LogP contribution in [0.2, 0.25) is 0 Å². The van der Waals surface area contributed by atoms with Gasteiger partial charge in [0.1, 0.15) is 12.3 Å². The molecular formula is C11H7N3O3. The Morgan fingerprint density at radius 3 is 2.94 bits per heavy atom. The lowest BCUT2D eigenvalue weighted by molar-refractivity contribution is -0.384. The number of fused-ring (bicyclic) bond motifs is 1. The maximum absolute atomic E-state index is 10.6. The van der Waals surface area contributed by atoms with Crippen molar-refractivity contribution >= 4 is 16.7 Å². The molecule has 0 bridgehead atoms. The van der Waals surface area contributed by atoms with E-state index in [1.54, 1.807) is 0 Å². The van der Waals surface area contributed by atoms with E-state index in [-0.39, 0.29) is 12.3 Å². The van der Waals surface area contributed by atoms with E-state index >= 15 is 0 Å². The van der Waals surface area contributed by atoms with Crippen LogP contribution in [0, 0.1) is 22.0 Å². The van der Waals surface area contributed by atoms with Crippen LogP contribution in [0.1, 0.15) is 5.69 Å². The minimum atomic E-state index is -0.486. The van der Waals surface area contributed by atoms with Gasteiger partial charge < -0.3 is 5.11 Å². The molecule has 0 aliphatic carbocycles. The van der Waals surface area contributed by atoms with Crippen LogP contribution >= 0.6 is 0 Å². The average Bonchev–Trinajstić information content (AvgIpc) is 2.35. The van der Waals surface area contributed by atoms with Crippen molar-refractivity contribution in [1.29, 1.82) is 0 Å². The van der Waals surface area contributed by atoms with Crippen molar-refractivity contribution in [2.45, 2.75) is 0 Å². The molecule has 0 amide bonds. The molecule has 2 aromatic rings. The monoisotopic (exact) mass is 229 g/mol. The van der Waals surface area contributed by atoms with Gasteiger partial charge in [-0.05, 0) is 12.0 Å². The molecule has 84 valence electrons. The number of aliphatic hydroxyl groups excluding tert-OH is 1. The Morgan fingerprint density at radius 2 is 2.24 bits per heavy atom. The fourth-order valence-corrected chi connectivity index (χ4v) is 1.30. The number of rotatable bonds is 1. The number of benzene rings is 1. The highest BCUT2D eigenvalue weighted by Crippen LogP contribution is 2.17. The molecule has 0 saturated carbocycles. The third-order valence-electron chi connectivity index (χ3n) is 2.03. The lowest BCUT2D eigenvalue weighted by Crippen LogP contribution is -1.92. The third kappa shape index (κ3) is 2.35. The molecule has 0 radical (unpaired) electrons. The van der Waals surface area contributed by atoms with Gasteiger partial charge in [-0.2, -0.15) is 0 Å². The summed E-state index contributed by atoms with van der Waals surface area (Å²) in [5.74, 6) is 5.07. The summed E-state index contributed by atoms with van der Waals surface area (Å²) in [4.78, 5) is 18.2. The maximum Gasteiger partial charge on any atom is 0.271 e. The van der Waals surface area contributed by atoms with Gasteiger partial charge in [0.05, 0.1) is 22.2 Å². The number of non-ortho nitro benzene ring substituents is 1. The second-order valence-electron chi connectivity index (χ2n) is 3.15. The van der Waals surface area contributed by atoms with Crippen LogP contribution in [0.3, 0.4) is 0 Å². The topological polar surface area (TPSA) is 89.2 Å². The van der Waals surface area contributed by atoms with Crippen molar-refractivity contribution < 1.29 is 10.0 Å². The van der Waals surface area contributed by atoms with E-state index in [4.69, 9.17) is 5.11 Å². The molecular weight excluding hydrogens is 222 g/mol. The molecule has 0 fully saturated rings. The van der Waals surface area contributed by atoms with Crippen molar-refractivity contribution in [2.75, 3.05) is 6.61 Å². The summed E-state index contributed by atoms with van der Waals surface area (Å²) in [6.45, 7) is -0.250. The normalized spacial score (nSPS) is 9.71. The maximum atomic E-state index is 10.6. The zero-order valence-corrected chi connectivity index (χ0v) is 8.62. The highest BCUT2D eigenvalue weighted by atomic mass is 16.6. The molecule has 0 saturated heterocycles. The van der Waals surface area contributed by atoms with Crippen molar-refractivity contribution in [2.24, 2.45) is 0 Å². The molecule has 0 aliphatic heterocycles. The van der Waals surface area contributed by atoms with E-state index in [2.05, 4.69) is 21.8 Å². The van der Waals surface area contributed by atoms with Crippen LogP contribution in [0.25, 0.3) is 11.0 Å². The molecule has 0 atom stereocenters. The van der Waals surface area contributed by atoms with Gasteiger partial charge in [0, 0.05) is 12.1 Å². The van der Waals surface area contributed by atoms with Crippen molar-refractivity contribution in [1.82, 2.24) is 9.97 Å². The second kappa shape index (κ2) is 4.55. The number of aliphatic hydroxyl groups is 1. The number of nitro groups is 1. The van der Waals surface area contributed by atoms with Crippen LogP contribution in [0.15, 0.2) is 24.4 Å². The van der Waals surface area contributed by atoms with Crippen LogP contribution in [0.4, 0.5) is 5.69 Å². The first kappa shape index (κ1) is 11.0. The smallest absolute Gasteiger partial charge is 0.271 e. The summed E-state index contributed by atoms with van der Waals surface area (Å²) in [6, 6.07) is 4.23. The molecule has 0 unspecified atom stereocenters. The Bertz CT molecular complexity index is 643. The largest absolute Gasteiger partial charge is 0.384 e. The standard InChI is InChI=1S/C11H7N3O3/c15-5-1-2-8-7-12-11-6-9(14(16)17)3-4-10(11)13-8/h3-4,6-7,15H,5H2. The summed E-state index contributed by atoms with van der Waals surface area (Å²) in [6.07, 6.45) is 1.41. The van der Waals surface area contributed by atoms with Gasteiger partial charge in [-0.25, -0.2) is 4.98 Å². The van der Waals surface area contributed by atoms with Gasteiger partial charge >= 0.3 is 0 Å². The van der Waals surface area contributed by atoms with Gasteiger partial charge in [0.15, 0.2) is 0 Å². The first-order valence-electron chi connectivity index (χ1n) is 4.71. The predicted molar refractivity (Wildman–Crippen MR) is 60.2 cm³/mol. The molecule has 1 aromatic carbocycles. The average molecular weight is 229 g/mol. The molecule has 6 nitrogen and oxygen atoms in total. The Morgan fingerprint density at radius 1 is 1.41 bits per heavy atom. The minimum absolute atomic E-state index is 0.0269. The number of nitro benzene ring substituents is 1. The van der Waals surface area contributed by atoms with Crippen LogP contribution in [-0.2, 0) is 0 Å². The van der Waals surface area contributed by atoms with Gasteiger partial charge in [-0.3, -0.25) is 15.1 Å². The predicted octanol–water partition coefficient (Wildman–Crippen LogP) is 0.882. The summed E-state index contributed by atoms with van der Waals surface area (Å²) in [5, 5.41) is 19.1. The highest BCUT2D eigenvalue weighted by molar-refractivity contribution is 5.77. The van der Waals surface area contributed by atoms with Gasteiger partial charge in [-0.1, -0.05) is 5.92 Å². The van der Waals surface area contributed by atoms with Gasteiger partial charge in [-0.15, -0.1) is 0 Å². The molecule has 0 spiro atoms. The van der Waals surface area contributed by atoms with Gasteiger partial charge in [0.25, 0.3) is 5.69 Å². The van der Waals surface area contributed by atoms with E-state index in [0.29, 0.717) is 16.7 Å². The van der Waals surface area contributed by atoms with Gasteiger partial charge in [0.2, 0.25) is 0 Å². The number of aromatic nitrogens is 2. The third-order valence-corrected chi connectivity index (χ3v) is 2.03. The first-order valence-corrected chi connectivity index (χ1v) is 4.71. The zero-order valence-electron chi connectivity index (χ0n) is 8.62. The van der Waals surface area contributed by atoms with Crippen molar-refractivity contribution in [3.63, 3.8) is 0 Å². The fourth-order valence-electron chi connectivity index (χ4n) is 1.30. The van der Waals surface area contributed by atoms with Crippen LogP contribution in [0.5, 0.6) is 0 Å². The summed E-state index contributed by atoms with van der Waals surface area (Å²) in [7, 11) is 0. The number of nitrogens with zero attached hydrogens (tertiary/aromatic N) is 3. The van der Waals surface area contributed by atoms with E-state index in [0.717, 1.165) is 0 Å². The first-order chi connectivity index (χ1) is 8.20. The molecule has 2 rings (SSSR count). The minimum Gasteiger partial charge on any atom is -0.384 e. The quantitative estimate of drug-likeness (QED) is 0.445. The SMILES string of the molecule is O=[N+]([O-])c1ccc2nc(C#CCO)cnc2c1. The van der Waals surface area contributed by atoms with E-state index in [9.17, 15) is 10.1 Å². The van der Waals surface area contributed by atoms with E-state index < -0.39 is 4.92 Å². The Labute approximate surface area is 96.1 Å². The van der Waals surface area contributed by atoms with E-state index in [1.165, 1.54) is 24.4 Å². The second-order valence-corrected chi connectivity index (χ2v) is 3.15. The Kier molecular flexibility index (Phi) is 2.94. The van der Waals surface area contributed by atoms with E-state index in [1.807, 2.05) is 0 Å². The Balaban J connectivity index is 2.50. The molecule has 6 heteroatoms. The zero-order chi connectivity index (χ0) is 12.3. The molecule has 0 aliphatic rings. The molecule has 1 heterocycles. The number of hydrogen-bond donors (Lipinski definition) is 1. The molecule has 1 aromatic heterocycles. The van der Waals surface area contributed by atoms with Crippen LogP contribution in [-0.4, -0.2) is 26.6 Å². The summed E-state index contributed by atoms with van der Waals surface area (Å²) >= 11 is 0. The summed E-state index contributed by atoms with van der Waals surface area (Å²) in [5.41, 5.74) is 1.36. The molecule has 17 heavy (non-hydrogen) atoms. The van der Waals surface area contributed by atoms with Crippen LogP contribution < -0.4 is 0 Å². The Hall–Kier alpha value is -2.52. The summed E-state index contributed by atoms with van der Waals surface area (Å²) < 4.78 is 0.